The van der Waals surface area contributed by atoms with Gasteiger partial charge in [-0.2, -0.15) is 5.10 Å². The van der Waals surface area contributed by atoms with Crippen LogP contribution in [-0.4, -0.2) is 41.8 Å². The summed E-state index contributed by atoms with van der Waals surface area (Å²) in [5.41, 5.74) is 2.16. The van der Waals surface area contributed by atoms with E-state index in [0.29, 0.717) is 22.6 Å². The summed E-state index contributed by atoms with van der Waals surface area (Å²) in [7, 11) is 0. The highest BCUT2D eigenvalue weighted by Crippen LogP contribution is 2.53. The SMILES string of the molecule is O=C(O)Cc1cccc(-n2cc(-c3ccnn3C3CC3(F)F)nn2)c1. The molecular weight excluding hydrogens is 332 g/mol. The summed E-state index contributed by atoms with van der Waals surface area (Å²) in [5, 5.41) is 20.9. The molecule has 0 bridgehead atoms. The third-order valence-corrected chi connectivity index (χ3v) is 4.04. The first-order valence-corrected chi connectivity index (χ1v) is 7.59. The maximum absolute atomic E-state index is 13.3. The molecule has 128 valence electrons. The van der Waals surface area contributed by atoms with Crippen LogP contribution in [-0.2, 0) is 11.2 Å². The average Bonchev–Trinajstić information content (AvgIpc) is 3.00. The Morgan fingerprint density at radius 1 is 1.36 bits per heavy atom. The second kappa shape index (κ2) is 5.47. The van der Waals surface area contributed by atoms with Crippen molar-refractivity contribution in [1.29, 1.82) is 0 Å². The van der Waals surface area contributed by atoms with Crippen molar-refractivity contribution in [2.75, 3.05) is 0 Å². The summed E-state index contributed by atoms with van der Waals surface area (Å²) in [6.45, 7) is 0. The van der Waals surface area contributed by atoms with E-state index in [1.165, 1.54) is 15.6 Å². The van der Waals surface area contributed by atoms with Gasteiger partial charge in [0.05, 0.1) is 24.0 Å². The van der Waals surface area contributed by atoms with Crippen LogP contribution in [0.2, 0.25) is 0 Å². The molecule has 1 aliphatic rings. The first-order valence-electron chi connectivity index (χ1n) is 7.59. The molecule has 1 unspecified atom stereocenters. The van der Waals surface area contributed by atoms with Crippen LogP contribution in [0.4, 0.5) is 8.78 Å². The quantitative estimate of drug-likeness (QED) is 0.767. The van der Waals surface area contributed by atoms with Crippen molar-refractivity contribution in [2.24, 2.45) is 0 Å². The smallest absolute Gasteiger partial charge is 0.307 e. The van der Waals surface area contributed by atoms with Gasteiger partial charge < -0.3 is 5.11 Å². The maximum atomic E-state index is 13.3. The number of carboxylic acids is 1. The molecule has 25 heavy (non-hydrogen) atoms. The molecule has 1 atom stereocenters. The first kappa shape index (κ1) is 15.4. The molecule has 2 heterocycles. The largest absolute Gasteiger partial charge is 0.481 e. The summed E-state index contributed by atoms with van der Waals surface area (Å²) in [4.78, 5) is 10.8. The van der Waals surface area contributed by atoms with Crippen LogP contribution in [0.1, 0.15) is 18.0 Å². The van der Waals surface area contributed by atoms with E-state index >= 15 is 0 Å². The Morgan fingerprint density at radius 3 is 2.88 bits per heavy atom. The van der Waals surface area contributed by atoms with E-state index in [0.717, 1.165) is 0 Å². The van der Waals surface area contributed by atoms with Crippen molar-refractivity contribution in [3.05, 3.63) is 48.3 Å². The standard InChI is InChI=1S/C16H13F2N5O2/c17-16(18)8-14(16)23-13(4-5-19-23)12-9-22(21-20-12)11-3-1-2-10(6-11)7-15(24)25/h1-6,9,14H,7-8H2,(H,24,25). The van der Waals surface area contributed by atoms with Crippen molar-refractivity contribution in [3.63, 3.8) is 0 Å². The lowest BCUT2D eigenvalue weighted by Crippen LogP contribution is -2.05. The second-order valence-corrected chi connectivity index (χ2v) is 5.93. The normalized spacial score (nSPS) is 18.2. The molecule has 0 amide bonds. The summed E-state index contributed by atoms with van der Waals surface area (Å²) >= 11 is 0. The van der Waals surface area contributed by atoms with Crippen LogP contribution in [0.3, 0.4) is 0 Å². The molecule has 9 heteroatoms. The zero-order valence-electron chi connectivity index (χ0n) is 12.9. The van der Waals surface area contributed by atoms with Crippen molar-refractivity contribution < 1.29 is 18.7 Å². The Kier molecular flexibility index (Phi) is 3.38. The number of aliphatic carboxylic acids is 1. The minimum Gasteiger partial charge on any atom is -0.481 e. The fourth-order valence-electron chi connectivity index (χ4n) is 2.72. The fourth-order valence-corrected chi connectivity index (χ4v) is 2.72. The Balaban J connectivity index is 1.64. The minimum atomic E-state index is -2.73. The molecule has 1 N–H and O–H groups in total. The van der Waals surface area contributed by atoms with Crippen LogP contribution in [0.25, 0.3) is 17.1 Å². The van der Waals surface area contributed by atoms with E-state index in [9.17, 15) is 13.6 Å². The molecular formula is C16H13F2N5O2. The number of nitrogens with zero attached hydrogens (tertiary/aromatic N) is 5. The van der Waals surface area contributed by atoms with Gasteiger partial charge in [0, 0.05) is 12.6 Å². The summed E-state index contributed by atoms with van der Waals surface area (Å²) < 4.78 is 29.4. The molecule has 0 aliphatic heterocycles. The van der Waals surface area contributed by atoms with Crippen molar-refractivity contribution in [2.45, 2.75) is 24.8 Å². The number of hydrogen-bond donors (Lipinski definition) is 1. The van der Waals surface area contributed by atoms with Crippen molar-refractivity contribution in [1.82, 2.24) is 24.8 Å². The number of rotatable bonds is 5. The molecule has 2 aromatic heterocycles. The molecule has 0 spiro atoms. The van der Waals surface area contributed by atoms with Crippen LogP contribution in [0.5, 0.6) is 0 Å². The average molecular weight is 345 g/mol. The zero-order valence-corrected chi connectivity index (χ0v) is 12.9. The first-order chi connectivity index (χ1) is 11.9. The number of alkyl halides is 2. The maximum Gasteiger partial charge on any atom is 0.307 e. The van der Waals surface area contributed by atoms with Gasteiger partial charge in [0.2, 0.25) is 0 Å². The summed E-state index contributed by atoms with van der Waals surface area (Å²) in [5.74, 6) is -3.66. The van der Waals surface area contributed by atoms with Gasteiger partial charge in [-0.3, -0.25) is 9.48 Å². The molecule has 1 aromatic carbocycles. The van der Waals surface area contributed by atoms with E-state index in [4.69, 9.17) is 5.11 Å². The Labute approximate surface area is 140 Å². The molecule has 1 saturated carbocycles. The van der Waals surface area contributed by atoms with E-state index < -0.39 is 17.9 Å². The van der Waals surface area contributed by atoms with Crippen molar-refractivity contribution in [3.8, 4) is 17.1 Å². The Bertz CT molecular complexity index is 949. The number of hydrogen-bond acceptors (Lipinski definition) is 4. The van der Waals surface area contributed by atoms with Gasteiger partial charge in [0.25, 0.3) is 5.92 Å². The predicted molar refractivity (Wildman–Crippen MR) is 82.5 cm³/mol. The Morgan fingerprint density at radius 2 is 2.16 bits per heavy atom. The van der Waals surface area contributed by atoms with E-state index in [2.05, 4.69) is 15.4 Å². The van der Waals surface area contributed by atoms with Gasteiger partial charge in [0.15, 0.2) is 0 Å². The van der Waals surface area contributed by atoms with E-state index in [1.807, 2.05) is 0 Å². The van der Waals surface area contributed by atoms with Gasteiger partial charge in [-0.05, 0) is 23.8 Å². The third-order valence-electron chi connectivity index (χ3n) is 4.04. The molecule has 4 rings (SSSR count). The fraction of sp³-hybridized carbons (Fsp3) is 0.250. The Hall–Kier alpha value is -3.10. The molecule has 3 aromatic rings. The number of carbonyl (C=O) groups is 1. The summed E-state index contributed by atoms with van der Waals surface area (Å²) in [6.07, 6.45) is 2.73. The lowest BCUT2D eigenvalue weighted by Gasteiger charge is -2.04. The number of carboxylic acid groups (broad SMARTS) is 1. The van der Waals surface area contributed by atoms with Gasteiger partial charge in [-0.15, -0.1) is 5.10 Å². The minimum absolute atomic E-state index is 0.0983. The monoisotopic (exact) mass is 345 g/mol. The third kappa shape index (κ3) is 2.88. The number of benzene rings is 1. The van der Waals surface area contributed by atoms with Crippen LogP contribution in [0.15, 0.2) is 42.7 Å². The van der Waals surface area contributed by atoms with Gasteiger partial charge in [-0.1, -0.05) is 17.3 Å². The highest BCUT2D eigenvalue weighted by atomic mass is 19.3. The lowest BCUT2D eigenvalue weighted by atomic mass is 10.1. The highest BCUT2D eigenvalue weighted by Gasteiger charge is 2.59. The van der Waals surface area contributed by atoms with Crippen LogP contribution in [0, 0.1) is 0 Å². The molecule has 7 nitrogen and oxygen atoms in total. The van der Waals surface area contributed by atoms with Crippen LogP contribution < -0.4 is 0 Å². The molecule has 1 fully saturated rings. The lowest BCUT2D eigenvalue weighted by molar-refractivity contribution is -0.136. The topological polar surface area (TPSA) is 85.8 Å². The molecule has 0 saturated heterocycles. The summed E-state index contributed by atoms with van der Waals surface area (Å²) in [6, 6.07) is 7.56. The van der Waals surface area contributed by atoms with Gasteiger partial charge >= 0.3 is 5.97 Å². The second-order valence-electron chi connectivity index (χ2n) is 5.93. The molecule has 0 radical (unpaired) electrons. The van der Waals surface area contributed by atoms with E-state index in [1.54, 1.807) is 36.5 Å². The number of aromatic nitrogens is 5. The highest BCUT2D eigenvalue weighted by molar-refractivity contribution is 5.70. The van der Waals surface area contributed by atoms with Crippen molar-refractivity contribution >= 4 is 5.97 Å². The van der Waals surface area contributed by atoms with E-state index in [-0.39, 0.29) is 12.8 Å². The van der Waals surface area contributed by atoms with Gasteiger partial charge in [-0.25, -0.2) is 13.5 Å². The molecule has 1 aliphatic carbocycles. The zero-order chi connectivity index (χ0) is 17.6. The van der Waals surface area contributed by atoms with Gasteiger partial charge in [0.1, 0.15) is 11.7 Å². The van der Waals surface area contributed by atoms with Crippen LogP contribution >= 0.6 is 0 Å². The predicted octanol–water partition coefficient (Wildman–Crippen LogP) is 2.34. The number of halogens is 2.